The van der Waals surface area contributed by atoms with Crippen molar-refractivity contribution in [1.82, 2.24) is 0 Å². The van der Waals surface area contributed by atoms with Gasteiger partial charge >= 0.3 is 0 Å². The number of alkyl halides is 1. The molecule has 0 aliphatic rings. The highest BCUT2D eigenvalue weighted by Gasteiger charge is 2.14. The largest absolute Gasteiger partial charge is 0.496 e. The van der Waals surface area contributed by atoms with Crippen molar-refractivity contribution in [1.29, 1.82) is 0 Å². The smallest absolute Gasteiger partial charge is 0.124 e. The van der Waals surface area contributed by atoms with E-state index < -0.39 is 0 Å². The van der Waals surface area contributed by atoms with E-state index in [4.69, 9.17) is 27.9 Å². The Bertz CT molecular complexity index is 617. The van der Waals surface area contributed by atoms with Crippen molar-refractivity contribution in [2.75, 3.05) is 7.11 Å². The van der Waals surface area contributed by atoms with Crippen LogP contribution in [0.2, 0.25) is 10.0 Å². The van der Waals surface area contributed by atoms with Gasteiger partial charge in [-0.1, -0.05) is 67.2 Å². The first-order chi connectivity index (χ1) is 9.51. The Morgan fingerprint density at radius 1 is 1.10 bits per heavy atom. The van der Waals surface area contributed by atoms with Crippen molar-refractivity contribution in [3.8, 4) is 5.75 Å². The lowest BCUT2D eigenvalue weighted by molar-refractivity contribution is 0.409. The molecule has 0 bridgehead atoms. The number of hydrogen-bond donors (Lipinski definition) is 0. The fraction of sp³-hybridized carbons (Fsp3) is 0.200. The maximum atomic E-state index is 6.04. The number of methoxy groups -OCH3 is 1. The van der Waals surface area contributed by atoms with Gasteiger partial charge in [0.05, 0.1) is 17.2 Å². The van der Waals surface area contributed by atoms with Crippen LogP contribution in [0, 0.1) is 0 Å². The predicted molar refractivity (Wildman–Crippen MR) is 92.5 cm³/mol. The summed E-state index contributed by atoms with van der Waals surface area (Å²) in [7, 11) is 1.67. The Morgan fingerprint density at radius 3 is 2.50 bits per heavy atom. The second-order valence-corrected chi connectivity index (χ2v) is 7.14. The number of halogens is 4. The normalized spacial score (nSPS) is 12.2. The molecule has 5 heteroatoms. The minimum absolute atomic E-state index is 0.141. The lowest BCUT2D eigenvalue weighted by Crippen LogP contribution is -1.99. The van der Waals surface area contributed by atoms with E-state index in [0.717, 1.165) is 27.8 Å². The molecule has 0 heterocycles. The van der Waals surface area contributed by atoms with Gasteiger partial charge in [0.1, 0.15) is 5.75 Å². The quantitative estimate of drug-likeness (QED) is 0.499. The molecule has 1 atom stereocenters. The van der Waals surface area contributed by atoms with E-state index in [1.807, 2.05) is 36.4 Å². The third kappa shape index (κ3) is 3.91. The molecule has 0 amide bonds. The molecular formula is C15H12Br2Cl2O. The van der Waals surface area contributed by atoms with Crippen molar-refractivity contribution >= 4 is 55.1 Å². The standard InChI is InChI=1S/C15H12Br2Cl2O/c1-20-15-8-10(16)3-4-11(15)12(17)6-9-2-5-13(18)14(19)7-9/h2-5,7-8,12H,6H2,1H3. The molecule has 0 fully saturated rings. The van der Waals surface area contributed by atoms with Crippen LogP contribution in [0.15, 0.2) is 40.9 Å². The summed E-state index contributed by atoms with van der Waals surface area (Å²) >= 11 is 19.1. The molecule has 20 heavy (non-hydrogen) atoms. The molecule has 0 aromatic heterocycles. The molecular weight excluding hydrogens is 427 g/mol. The summed E-state index contributed by atoms with van der Waals surface area (Å²) in [6.45, 7) is 0. The Kier molecular flexibility index (Phi) is 5.79. The molecule has 2 rings (SSSR count). The van der Waals surface area contributed by atoms with E-state index in [9.17, 15) is 0 Å². The highest BCUT2D eigenvalue weighted by molar-refractivity contribution is 9.10. The Hall–Kier alpha value is -0.220. The average molecular weight is 439 g/mol. The summed E-state index contributed by atoms with van der Waals surface area (Å²) in [6.07, 6.45) is 0.800. The molecule has 0 radical (unpaired) electrons. The fourth-order valence-corrected chi connectivity index (χ4v) is 3.34. The summed E-state index contributed by atoms with van der Waals surface area (Å²) < 4.78 is 6.41. The van der Waals surface area contributed by atoms with Crippen LogP contribution < -0.4 is 4.74 Å². The topological polar surface area (TPSA) is 9.23 Å². The van der Waals surface area contributed by atoms with Crippen LogP contribution in [-0.2, 0) is 6.42 Å². The third-order valence-electron chi connectivity index (χ3n) is 2.93. The summed E-state index contributed by atoms with van der Waals surface area (Å²) in [5.74, 6) is 0.848. The SMILES string of the molecule is COc1cc(Br)ccc1C(Br)Cc1ccc(Cl)c(Cl)c1. The van der Waals surface area contributed by atoms with Gasteiger partial charge in [0.25, 0.3) is 0 Å². The monoisotopic (exact) mass is 436 g/mol. The Labute approximate surface area is 145 Å². The maximum Gasteiger partial charge on any atom is 0.124 e. The lowest BCUT2D eigenvalue weighted by atomic mass is 10.0. The van der Waals surface area contributed by atoms with E-state index in [2.05, 4.69) is 31.9 Å². The molecule has 0 saturated heterocycles. The van der Waals surface area contributed by atoms with Gasteiger partial charge in [-0.05, 0) is 36.2 Å². The van der Waals surface area contributed by atoms with Crippen LogP contribution >= 0.6 is 55.1 Å². The zero-order valence-corrected chi connectivity index (χ0v) is 15.4. The fourth-order valence-electron chi connectivity index (χ4n) is 1.93. The van der Waals surface area contributed by atoms with Crippen molar-refractivity contribution < 1.29 is 4.74 Å². The minimum Gasteiger partial charge on any atom is -0.496 e. The van der Waals surface area contributed by atoms with Crippen LogP contribution in [0.5, 0.6) is 5.75 Å². The van der Waals surface area contributed by atoms with Gasteiger partial charge < -0.3 is 4.74 Å². The van der Waals surface area contributed by atoms with Crippen molar-refractivity contribution in [3.63, 3.8) is 0 Å². The van der Waals surface area contributed by atoms with Crippen LogP contribution in [-0.4, -0.2) is 7.11 Å². The predicted octanol–water partition coefficient (Wildman–Crippen LogP) is 6.44. The van der Waals surface area contributed by atoms with Gasteiger partial charge in [0, 0.05) is 14.9 Å². The van der Waals surface area contributed by atoms with E-state index >= 15 is 0 Å². The molecule has 0 spiro atoms. The van der Waals surface area contributed by atoms with Crippen molar-refractivity contribution in [2.24, 2.45) is 0 Å². The first-order valence-electron chi connectivity index (χ1n) is 5.92. The lowest BCUT2D eigenvalue weighted by Gasteiger charge is -2.15. The molecule has 1 nitrogen and oxygen atoms in total. The summed E-state index contributed by atoms with van der Waals surface area (Å²) in [6, 6.07) is 11.7. The summed E-state index contributed by atoms with van der Waals surface area (Å²) in [5.41, 5.74) is 2.22. The van der Waals surface area contributed by atoms with Crippen molar-refractivity contribution in [2.45, 2.75) is 11.2 Å². The molecule has 2 aromatic carbocycles. The number of rotatable bonds is 4. The van der Waals surface area contributed by atoms with Crippen LogP contribution in [0.3, 0.4) is 0 Å². The highest BCUT2D eigenvalue weighted by Crippen LogP contribution is 2.36. The van der Waals surface area contributed by atoms with Gasteiger partial charge in [0.2, 0.25) is 0 Å². The molecule has 0 saturated carbocycles. The Morgan fingerprint density at radius 2 is 1.85 bits per heavy atom. The second kappa shape index (κ2) is 7.17. The number of ether oxygens (including phenoxy) is 1. The van der Waals surface area contributed by atoms with Crippen LogP contribution in [0.4, 0.5) is 0 Å². The molecule has 0 N–H and O–H groups in total. The van der Waals surface area contributed by atoms with E-state index in [1.165, 1.54) is 0 Å². The van der Waals surface area contributed by atoms with Gasteiger partial charge in [-0.3, -0.25) is 0 Å². The maximum absolute atomic E-state index is 6.04. The van der Waals surface area contributed by atoms with E-state index in [0.29, 0.717) is 10.0 Å². The first-order valence-corrected chi connectivity index (χ1v) is 8.39. The molecule has 0 aliphatic carbocycles. The van der Waals surface area contributed by atoms with Gasteiger partial charge in [0.15, 0.2) is 0 Å². The molecule has 1 unspecified atom stereocenters. The van der Waals surface area contributed by atoms with Crippen LogP contribution in [0.1, 0.15) is 16.0 Å². The molecule has 2 aromatic rings. The average Bonchev–Trinajstić information content (AvgIpc) is 2.42. The highest BCUT2D eigenvalue weighted by atomic mass is 79.9. The minimum atomic E-state index is 0.141. The van der Waals surface area contributed by atoms with Gasteiger partial charge in [-0.25, -0.2) is 0 Å². The van der Waals surface area contributed by atoms with E-state index in [-0.39, 0.29) is 4.83 Å². The third-order valence-corrected chi connectivity index (χ3v) is 4.98. The molecule has 106 valence electrons. The zero-order chi connectivity index (χ0) is 14.7. The number of benzene rings is 2. The van der Waals surface area contributed by atoms with E-state index in [1.54, 1.807) is 7.11 Å². The number of hydrogen-bond acceptors (Lipinski definition) is 1. The van der Waals surface area contributed by atoms with Gasteiger partial charge in [-0.15, -0.1) is 0 Å². The summed E-state index contributed by atoms with van der Waals surface area (Å²) in [4.78, 5) is 0.141. The van der Waals surface area contributed by atoms with Gasteiger partial charge in [-0.2, -0.15) is 0 Å². The van der Waals surface area contributed by atoms with Crippen LogP contribution in [0.25, 0.3) is 0 Å². The van der Waals surface area contributed by atoms with Crippen molar-refractivity contribution in [3.05, 3.63) is 62.0 Å². The second-order valence-electron chi connectivity index (χ2n) is 4.31. The molecule has 0 aliphatic heterocycles. The zero-order valence-electron chi connectivity index (χ0n) is 10.7. The summed E-state index contributed by atoms with van der Waals surface area (Å²) in [5, 5.41) is 1.15. The first kappa shape index (κ1) is 16.2. The Balaban J connectivity index is 2.23.